The Hall–Kier alpha value is -0.170. The zero-order valence-electron chi connectivity index (χ0n) is 9.52. The van der Waals surface area contributed by atoms with Crippen molar-refractivity contribution in [2.45, 2.75) is 37.4 Å². The molecule has 0 amide bonds. The molecule has 96 valence electrons. The summed E-state index contributed by atoms with van der Waals surface area (Å²) in [6.07, 6.45) is 4.70. The quantitative estimate of drug-likeness (QED) is 0.636. The Morgan fingerprint density at radius 2 is 1.88 bits per heavy atom. The molecule has 2 N–H and O–H groups in total. The van der Waals surface area contributed by atoms with E-state index in [4.69, 9.17) is 9.84 Å². The first-order valence-electron chi connectivity index (χ1n) is 5.84. The van der Waals surface area contributed by atoms with Crippen LogP contribution in [-0.2, 0) is 14.8 Å². The van der Waals surface area contributed by atoms with Gasteiger partial charge in [-0.15, -0.1) is 0 Å². The Morgan fingerprint density at radius 1 is 1.19 bits per heavy atom. The molecule has 0 atom stereocenters. The van der Waals surface area contributed by atoms with Gasteiger partial charge in [-0.25, -0.2) is 13.1 Å². The van der Waals surface area contributed by atoms with E-state index in [2.05, 4.69) is 4.72 Å². The molecule has 0 aromatic heterocycles. The van der Waals surface area contributed by atoms with E-state index in [0.717, 1.165) is 32.1 Å². The fraction of sp³-hybridized carbons (Fsp3) is 1.00. The normalized spacial score (nSPS) is 18.8. The maximum atomic E-state index is 11.8. The summed E-state index contributed by atoms with van der Waals surface area (Å²) >= 11 is 0. The molecule has 6 heteroatoms. The summed E-state index contributed by atoms with van der Waals surface area (Å²) in [5, 5.41) is 8.24. The van der Waals surface area contributed by atoms with E-state index in [1.165, 1.54) is 0 Å². The van der Waals surface area contributed by atoms with Gasteiger partial charge in [0.2, 0.25) is 10.0 Å². The van der Waals surface area contributed by atoms with E-state index in [-0.39, 0.29) is 18.5 Å². The molecule has 0 spiro atoms. The molecule has 5 nitrogen and oxygen atoms in total. The van der Waals surface area contributed by atoms with Gasteiger partial charge in [-0.3, -0.25) is 0 Å². The SMILES string of the molecule is O=S(=O)(NCCOCCO)C1CCCCC1. The molecule has 0 aromatic carbocycles. The second-order valence-electron chi connectivity index (χ2n) is 4.04. The van der Waals surface area contributed by atoms with Gasteiger partial charge in [0.1, 0.15) is 0 Å². The molecule has 0 aromatic rings. The highest BCUT2D eigenvalue weighted by Gasteiger charge is 2.26. The van der Waals surface area contributed by atoms with Crippen molar-refractivity contribution in [3.63, 3.8) is 0 Å². The molecule has 0 saturated heterocycles. The highest BCUT2D eigenvalue weighted by atomic mass is 32.2. The van der Waals surface area contributed by atoms with E-state index in [9.17, 15) is 8.42 Å². The molecule has 0 radical (unpaired) electrons. The van der Waals surface area contributed by atoms with Gasteiger partial charge in [0.25, 0.3) is 0 Å². The van der Waals surface area contributed by atoms with Crippen molar-refractivity contribution in [1.29, 1.82) is 0 Å². The number of nitrogens with one attached hydrogen (secondary N) is 1. The van der Waals surface area contributed by atoms with Gasteiger partial charge >= 0.3 is 0 Å². The smallest absolute Gasteiger partial charge is 0.214 e. The van der Waals surface area contributed by atoms with Crippen molar-refractivity contribution in [1.82, 2.24) is 4.72 Å². The summed E-state index contributed by atoms with van der Waals surface area (Å²) in [6.45, 7) is 0.825. The highest BCUT2D eigenvalue weighted by Crippen LogP contribution is 2.22. The van der Waals surface area contributed by atoms with Crippen LogP contribution >= 0.6 is 0 Å². The maximum absolute atomic E-state index is 11.8. The molecule has 0 bridgehead atoms. The van der Waals surface area contributed by atoms with Crippen LogP contribution in [0.25, 0.3) is 0 Å². The number of ether oxygens (including phenoxy) is 1. The lowest BCUT2D eigenvalue weighted by Gasteiger charge is -2.21. The van der Waals surface area contributed by atoms with Crippen molar-refractivity contribution >= 4 is 10.0 Å². The fourth-order valence-electron chi connectivity index (χ4n) is 1.92. The van der Waals surface area contributed by atoms with E-state index in [1.54, 1.807) is 0 Å². The minimum Gasteiger partial charge on any atom is -0.394 e. The lowest BCUT2D eigenvalue weighted by Crippen LogP contribution is -2.37. The average Bonchev–Trinajstić information content (AvgIpc) is 2.30. The Morgan fingerprint density at radius 3 is 2.50 bits per heavy atom. The van der Waals surface area contributed by atoms with Crippen LogP contribution in [0.4, 0.5) is 0 Å². The number of aliphatic hydroxyl groups excluding tert-OH is 1. The minimum absolute atomic E-state index is 0.0324. The summed E-state index contributed by atoms with van der Waals surface area (Å²) in [5.74, 6) is 0. The molecular formula is C10H21NO4S. The third-order valence-electron chi connectivity index (χ3n) is 2.78. The lowest BCUT2D eigenvalue weighted by molar-refractivity contribution is 0.0961. The number of aliphatic hydroxyl groups is 1. The van der Waals surface area contributed by atoms with Crippen molar-refractivity contribution in [3.05, 3.63) is 0 Å². The Balaban J connectivity index is 2.22. The van der Waals surface area contributed by atoms with Crippen LogP contribution in [0.3, 0.4) is 0 Å². The molecule has 1 rings (SSSR count). The van der Waals surface area contributed by atoms with Crippen LogP contribution in [-0.4, -0.2) is 45.1 Å². The number of hydrogen-bond donors (Lipinski definition) is 2. The lowest BCUT2D eigenvalue weighted by atomic mass is 10.0. The fourth-order valence-corrected chi connectivity index (χ4v) is 3.47. The van der Waals surface area contributed by atoms with E-state index >= 15 is 0 Å². The van der Waals surface area contributed by atoms with Gasteiger partial charge in [-0.2, -0.15) is 0 Å². The molecule has 0 aliphatic heterocycles. The van der Waals surface area contributed by atoms with Crippen LogP contribution in [0.15, 0.2) is 0 Å². The van der Waals surface area contributed by atoms with Gasteiger partial charge in [0, 0.05) is 6.54 Å². The molecule has 1 aliphatic rings. The van der Waals surface area contributed by atoms with Crippen LogP contribution in [0.2, 0.25) is 0 Å². The summed E-state index contributed by atoms with van der Waals surface area (Å²) in [7, 11) is -3.16. The monoisotopic (exact) mass is 251 g/mol. The number of sulfonamides is 1. The molecule has 1 saturated carbocycles. The number of hydrogen-bond acceptors (Lipinski definition) is 4. The Bertz CT molecular complexity index is 273. The first-order chi connectivity index (χ1) is 7.67. The molecule has 1 aliphatic carbocycles. The standard InChI is InChI=1S/C10H21NO4S/c12-7-9-15-8-6-11-16(13,14)10-4-2-1-3-5-10/h10-12H,1-9H2. The topological polar surface area (TPSA) is 75.6 Å². The second kappa shape index (κ2) is 7.21. The van der Waals surface area contributed by atoms with Crippen LogP contribution in [0.5, 0.6) is 0 Å². The average molecular weight is 251 g/mol. The van der Waals surface area contributed by atoms with Gasteiger partial charge in [-0.05, 0) is 12.8 Å². The maximum Gasteiger partial charge on any atom is 0.214 e. The molecule has 0 unspecified atom stereocenters. The van der Waals surface area contributed by atoms with Gasteiger partial charge in [0.15, 0.2) is 0 Å². The van der Waals surface area contributed by atoms with Gasteiger partial charge in [0.05, 0.1) is 25.1 Å². The zero-order chi connectivity index (χ0) is 11.9. The molecule has 16 heavy (non-hydrogen) atoms. The predicted molar refractivity (Wildman–Crippen MR) is 61.7 cm³/mol. The van der Waals surface area contributed by atoms with Crippen LogP contribution < -0.4 is 4.72 Å². The summed E-state index contributed by atoms with van der Waals surface area (Å²) in [4.78, 5) is 0. The summed E-state index contributed by atoms with van der Waals surface area (Å²) < 4.78 is 31.1. The van der Waals surface area contributed by atoms with Gasteiger partial charge < -0.3 is 9.84 Å². The van der Waals surface area contributed by atoms with Crippen molar-refractivity contribution in [2.24, 2.45) is 0 Å². The summed E-state index contributed by atoms with van der Waals surface area (Å²) in [5.41, 5.74) is 0. The predicted octanol–water partition coefficient (Wildman–Crippen LogP) is 0.247. The zero-order valence-corrected chi connectivity index (χ0v) is 10.3. The first-order valence-corrected chi connectivity index (χ1v) is 7.38. The van der Waals surface area contributed by atoms with E-state index in [1.807, 2.05) is 0 Å². The van der Waals surface area contributed by atoms with Crippen LogP contribution in [0.1, 0.15) is 32.1 Å². The third kappa shape index (κ3) is 4.78. The molecule has 0 heterocycles. The van der Waals surface area contributed by atoms with E-state index in [0.29, 0.717) is 13.2 Å². The Labute approximate surface area is 97.2 Å². The van der Waals surface area contributed by atoms with Crippen molar-refractivity contribution < 1.29 is 18.3 Å². The molecule has 1 fully saturated rings. The summed E-state index contributed by atoms with van der Waals surface area (Å²) in [6, 6.07) is 0. The molecular weight excluding hydrogens is 230 g/mol. The van der Waals surface area contributed by atoms with Crippen LogP contribution in [0, 0.1) is 0 Å². The highest BCUT2D eigenvalue weighted by molar-refractivity contribution is 7.90. The van der Waals surface area contributed by atoms with Gasteiger partial charge in [-0.1, -0.05) is 19.3 Å². The van der Waals surface area contributed by atoms with E-state index < -0.39 is 10.0 Å². The third-order valence-corrected chi connectivity index (χ3v) is 4.73. The Kier molecular flexibility index (Phi) is 6.26. The largest absolute Gasteiger partial charge is 0.394 e. The first kappa shape index (κ1) is 13.9. The second-order valence-corrected chi connectivity index (χ2v) is 6.08. The minimum atomic E-state index is -3.16. The van der Waals surface area contributed by atoms with Crippen molar-refractivity contribution in [3.8, 4) is 0 Å². The van der Waals surface area contributed by atoms with Crippen molar-refractivity contribution in [2.75, 3.05) is 26.4 Å². The number of rotatable bonds is 7.